The number of carbonyl (C=O) groups excluding carboxylic acids is 4. The number of carbonyl (C=O) groups is 4. The summed E-state index contributed by atoms with van der Waals surface area (Å²) in [6, 6.07) is 0. The highest BCUT2D eigenvalue weighted by Crippen LogP contribution is 2.51. The van der Waals surface area contributed by atoms with E-state index in [0.29, 0.717) is 0 Å². The van der Waals surface area contributed by atoms with Crippen molar-refractivity contribution in [2.24, 2.45) is 23.7 Å². The molecule has 4 atom stereocenters. The third kappa shape index (κ3) is 3.11. The Morgan fingerprint density at radius 1 is 0.704 bits per heavy atom. The maximum absolute atomic E-state index is 12.3. The molecule has 0 saturated heterocycles. The Balaban J connectivity index is 2.78. The molecule has 0 aliphatic heterocycles. The zero-order valence-corrected chi connectivity index (χ0v) is 15.2. The van der Waals surface area contributed by atoms with Gasteiger partial charge in [-0.25, -0.2) is 9.59 Å². The van der Waals surface area contributed by atoms with Crippen molar-refractivity contribution in [3.8, 4) is 0 Å². The number of hydrogen-bond acceptors (Lipinski definition) is 10. The predicted octanol–water partition coefficient (Wildman–Crippen LogP) is 0.185. The molecule has 27 heavy (non-hydrogen) atoms. The SMILES string of the molecule is COC(=O)C1=C(O)[C@H](C(=O)OC)[C@@H]2C[C@H]1[C@H](C(=O)OC)C(O)=C2C(=O)OC. The van der Waals surface area contributed by atoms with Crippen LogP contribution in [0, 0.1) is 23.7 Å². The molecular formula is C17H20O10. The van der Waals surface area contributed by atoms with E-state index in [2.05, 4.69) is 18.9 Å². The summed E-state index contributed by atoms with van der Waals surface area (Å²) < 4.78 is 18.7. The third-order valence-electron chi connectivity index (χ3n) is 4.92. The Morgan fingerprint density at radius 2 is 1.04 bits per heavy atom. The van der Waals surface area contributed by atoms with Crippen molar-refractivity contribution in [3.63, 3.8) is 0 Å². The lowest BCUT2D eigenvalue weighted by molar-refractivity contribution is -0.151. The number of methoxy groups -OCH3 is 4. The maximum Gasteiger partial charge on any atom is 0.337 e. The van der Waals surface area contributed by atoms with Gasteiger partial charge in [0.15, 0.2) is 0 Å². The summed E-state index contributed by atoms with van der Waals surface area (Å²) >= 11 is 0. The van der Waals surface area contributed by atoms with E-state index in [4.69, 9.17) is 0 Å². The largest absolute Gasteiger partial charge is 0.511 e. The van der Waals surface area contributed by atoms with Gasteiger partial charge in [-0.1, -0.05) is 0 Å². The van der Waals surface area contributed by atoms with Crippen LogP contribution in [0.3, 0.4) is 0 Å². The van der Waals surface area contributed by atoms with E-state index < -0.39 is 59.1 Å². The molecule has 0 fully saturated rings. The lowest BCUT2D eigenvalue weighted by Crippen LogP contribution is -2.47. The molecule has 0 unspecified atom stereocenters. The molecule has 0 aromatic carbocycles. The average Bonchev–Trinajstić information content (AvgIpc) is 2.66. The first-order chi connectivity index (χ1) is 12.7. The van der Waals surface area contributed by atoms with E-state index in [-0.39, 0.29) is 17.6 Å². The number of fused-ring (bicyclic) bond motifs is 2. The highest BCUT2D eigenvalue weighted by atomic mass is 16.5. The fourth-order valence-corrected chi connectivity index (χ4v) is 3.75. The molecule has 10 nitrogen and oxygen atoms in total. The molecular weight excluding hydrogens is 364 g/mol. The standard InChI is InChI=1S/C17H20O10/c1-24-14(20)8-6-5-7(10(12(8)18)16(22)26-3)11(17(23)27-4)13(19)9(6)15(21)25-2/h6-8,11,18-19H,5H2,1-4H3/t6-,7+,8-,11+/m0/s1. The molecule has 148 valence electrons. The van der Waals surface area contributed by atoms with E-state index in [1.165, 1.54) is 0 Å². The van der Waals surface area contributed by atoms with Crippen molar-refractivity contribution in [2.45, 2.75) is 6.42 Å². The van der Waals surface area contributed by atoms with Crippen LogP contribution in [0.4, 0.5) is 0 Å². The second-order valence-corrected chi connectivity index (χ2v) is 6.03. The van der Waals surface area contributed by atoms with Crippen molar-refractivity contribution < 1.29 is 48.3 Å². The van der Waals surface area contributed by atoms with Gasteiger partial charge in [-0.05, 0) is 6.42 Å². The Bertz CT molecular complexity index is 685. The molecule has 0 saturated carbocycles. The molecule has 2 rings (SSSR count). The zero-order valence-electron chi connectivity index (χ0n) is 15.2. The molecule has 2 bridgehead atoms. The van der Waals surface area contributed by atoms with Gasteiger partial charge in [0.2, 0.25) is 0 Å². The summed E-state index contributed by atoms with van der Waals surface area (Å²) in [6.45, 7) is 0. The van der Waals surface area contributed by atoms with Crippen LogP contribution >= 0.6 is 0 Å². The summed E-state index contributed by atoms with van der Waals surface area (Å²) in [5, 5.41) is 21.3. The summed E-state index contributed by atoms with van der Waals surface area (Å²) in [5.41, 5.74) is -0.704. The van der Waals surface area contributed by atoms with Crippen LogP contribution in [0.5, 0.6) is 0 Å². The minimum atomic E-state index is -1.45. The highest BCUT2D eigenvalue weighted by Gasteiger charge is 2.56. The van der Waals surface area contributed by atoms with Crippen LogP contribution in [0.15, 0.2) is 22.7 Å². The number of aliphatic hydroxyl groups excluding tert-OH is 2. The Kier molecular flexibility index (Phi) is 5.77. The first-order valence-electron chi connectivity index (χ1n) is 7.93. The summed E-state index contributed by atoms with van der Waals surface area (Å²) in [7, 11) is 4.27. The van der Waals surface area contributed by atoms with Crippen molar-refractivity contribution in [3.05, 3.63) is 22.7 Å². The Morgan fingerprint density at radius 3 is 1.30 bits per heavy atom. The topological polar surface area (TPSA) is 146 Å². The molecule has 0 amide bonds. The first-order valence-corrected chi connectivity index (χ1v) is 7.93. The number of hydrogen-bond donors (Lipinski definition) is 2. The van der Waals surface area contributed by atoms with E-state index in [1.54, 1.807) is 0 Å². The van der Waals surface area contributed by atoms with E-state index in [1.807, 2.05) is 0 Å². The molecule has 2 aliphatic carbocycles. The van der Waals surface area contributed by atoms with Gasteiger partial charge in [-0.3, -0.25) is 9.59 Å². The van der Waals surface area contributed by atoms with Crippen LogP contribution in [-0.2, 0) is 38.1 Å². The number of aliphatic hydroxyl groups is 2. The summed E-state index contributed by atoms with van der Waals surface area (Å²) in [5.74, 6) is -10.2. The Hall–Kier alpha value is -3.04. The first kappa shape index (κ1) is 20.3. The van der Waals surface area contributed by atoms with E-state index >= 15 is 0 Å². The predicted molar refractivity (Wildman–Crippen MR) is 86.0 cm³/mol. The van der Waals surface area contributed by atoms with Gasteiger partial charge < -0.3 is 29.2 Å². The molecule has 0 spiro atoms. The number of ether oxygens (including phenoxy) is 4. The molecule has 0 radical (unpaired) electrons. The van der Waals surface area contributed by atoms with Crippen LogP contribution in [0.2, 0.25) is 0 Å². The number of esters is 4. The summed E-state index contributed by atoms with van der Waals surface area (Å²) in [4.78, 5) is 49.0. The van der Waals surface area contributed by atoms with Crippen molar-refractivity contribution >= 4 is 23.9 Å². The monoisotopic (exact) mass is 384 g/mol. The van der Waals surface area contributed by atoms with E-state index in [0.717, 1.165) is 28.4 Å². The lowest BCUT2D eigenvalue weighted by atomic mass is 9.61. The van der Waals surface area contributed by atoms with Crippen LogP contribution in [-0.4, -0.2) is 62.5 Å². The second kappa shape index (κ2) is 7.68. The van der Waals surface area contributed by atoms with Crippen LogP contribution in [0.25, 0.3) is 0 Å². The lowest BCUT2D eigenvalue weighted by Gasteiger charge is -2.42. The fraction of sp³-hybridized carbons (Fsp3) is 0.529. The van der Waals surface area contributed by atoms with Gasteiger partial charge in [-0.2, -0.15) is 0 Å². The van der Waals surface area contributed by atoms with Gasteiger partial charge in [0.05, 0.1) is 39.6 Å². The average molecular weight is 384 g/mol. The van der Waals surface area contributed by atoms with Crippen molar-refractivity contribution in [2.75, 3.05) is 28.4 Å². The highest BCUT2D eigenvalue weighted by molar-refractivity contribution is 5.97. The Labute approximate surface area is 154 Å². The van der Waals surface area contributed by atoms with Gasteiger partial charge in [0, 0.05) is 11.8 Å². The minimum absolute atomic E-state index is 0.0947. The molecule has 2 aliphatic rings. The van der Waals surface area contributed by atoms with Crippen LogP contribution in [0.1, 0.15) is 6.42 Å². The zero-order chi connectivity index (χ0) is 20.5. The quantitative estimate of drug-likeness (QED) is 0.508. The van der Waals surface area contributed by atoms with Gasteiger partial charge in [0.1, 0.15) is 23.4 Å². The smallest absolute Gasteiger partial charge is 0.337 e. The minimum Gasteiger partial charge on any atom is -0.511 e. The van der Waals surface area contributed by atoms with Gasteiger partial charge in [-0.15, -0.1) is 0 Å². The maximum atomic E-state index is 12.3. The molecule has 10 heteroatoms. The van der Waals surface area contributed by atoms with Gasteiger partial charge >= 0.3 is 23.9 Å². The van der Waals surface area contributed by atoms with Crippen molar-refractivity contribution in [1.82, 2.24) is 0 Å². The van der Waals surface area contributed by atoms with E-state index in [9.17, 15) is 29.4 Å². The van der Waals surface area contributed by atoms with Crippen LogP contribution < -0.4 is 0 Å². The third-order valence-corrected chi connectivity index (χ3v) is 4.92. The normalized spacial score (nSPS) is 27.0. The second-order valence-electron chi connectivity index (χ2n) is 6.03. The van der Waals surface area contributed by atoms with Gasteiger partial charge in [0.25, 0.3) is 0 Å². The van der Waals surface area contributed by atoms with Crippen molar-refractivity contribution in [1.29, 1.82) is 0 Å². The molecule has 0 aromatic rings. The molecule has 0 heterocycles. The molecule has 0 aromatic heterocycles. The number of rotatable bonds is 4. The summed E-state index contributed by atoms with van der Waals surface area (Å²) in [6.07, 6.45) is -0.0947. The fourth-order valence-electron chi connectivity index (χ4n) is 3.75. The molecule has 2 N–H and O–H groups in total.